The molecule has 0 spiro atoms. The lowest BCUT2D eigenvalue weighted by Gasteiger charge is -2.13. The van der Waals surface area contributed by atoms with E-state index in [1.54, 1.807) is 24.3 Å². The van der Waals surface area contributed by atoms with E-state index in [1.165, 1.54) is 52.1 Å². The predicted octanol–water partition coefficient (Wildman–Crippen LogP) is 5.71. The number of carbonyl (C=O) groups excluding carboxylic acids is 1. The van der Waals surface area contributed by atoms with Crippen molar-refractivity contribution in [2.24, 2.45) is 0 Å². The smallest absolute Gasteiger partial charge is 0.337 e. The molecule has 22 heavy (non-hydrogen) atoms. The number of ether oxygens (including phenoxy) is 2. The molecule has 1 aromatic carbocycles. The molecule has 0 saturated heterocycles. The van der Waals surface area contributed by atoms with E-state index in [4.69, 9.17) is 4.74 Å². The quantitative estimate of drug-likeness (QED) is 0.284. The Kier molecular flexibility index (Phi) is 9.96. The molecule has 0 aliphatic heterocycles. The van der Waals surface area contributed by atoms with Gasteiger partial charge in [-0.05, 0) is 53.0 Å². The minimum atomic E-state index is -0.329. The molecule has 4 heteroatoms. The lowest BCUT2D eigenvalue weighted by atomic mass is 10.1. The number of unbranched alkanes of at least 4 members (excludes halogenated alkanes) is 6. The van der Waals surface area contributed by atoms with Crippen molar-refractivity contribution in [3.05, 3.63) is 29.8 Å². The van der Waals surface area contributed by atoms with E-state index in [0.717, 1.165) is 12.2 Å². The molecular formula is C18H27BrO3. The fourth-order valence-corrected chi connectivity index (χ4v) is 2.80. The van der Waals surface area contributed by atoms with Gasteiger partial charge in [0.15, 0.2) is 5.01 Å². The van der Waals surface area contributed by atoms with Crippen molar-refractivity contribution in [1.82, 2.24) is 0 Å². The second kappa shape index (κ2) is 11.5. The summed E-state index contributed by atoms with van der Waals surface area (Å²) in [4.78, 5) is 11.3. The van der Waals surface area contributed by atoms with Crippen LogP contribution in [-0.4, -0.2) is 18.1 Å². The third-order valence-electron chi connectivity index (χ3n) is 3.57. The Morgan fingerprint density at radius 2 is 1.64 bits per heavy atom. The molecule has 3 nitrogen and oxygen atoms in total. The molecule has 1 aromatic rings. The standard InChI is InChI=1S/C18H27BrO3/c1-3-4-5-6-7-8-9-10-17(19)22-16-13-11-15(12-14-16)18(20)21-2/h11-14,17H,3-10H2,1-2H3. The zero-order valence-electron chi connectivity index (χ0n) is 13.6. The van der Waals surface area contributed by atoms with Crippen molar-refractivity contribution >= 4 is 21.9 Å². The number of alkyl halides is 1. The van der Waals surface area contributed by atoms with E-state index in [0.29, 0.717) is 5.56 Å². The Balaban J connectivity index is 2.19. The third kappa shape index (κ3) is 7.83. The van der Waals surface area contributed by atoms with Crippen molar-refractivity contribution in [2.75, 3.05) is 7.11 Å². The van der Waals surface area contributed by atoms with Crippen LogP contribution >= 0.6 is 15.9 Å². The number of hydrogen-bond acceptors (Lipinski definition) is 3. The van der Waals surface area contributed by atoms with Gasteiger partial charge in [-0.3, -0.25) is 0 Å². The molecule has 0 aliphatic rings. The molecular weight excluding hydrogens is 344 g/mol. The van der Waals surface area contributed by atoms with Crippen LogP contribution in [0.25, 0.3) is 0 Å². The average Bonchev–Trinajstić information content (AvgIpc) is 2.54. The van der Waals surface area contributed by atoms with Crippen molar-refractivity contribution < 1.29 is 14.3 Å². The Hall–Kier alpha value is -1.03. The topological polar surface area (TPSA) is 35.5 Å². The molecule has 124 valence electrons. The first-order chi connectivity index (χ1) is 10.7. The number of benzene rings is 1. The Bertz CT molecular complexity index is 417. The summed E-state index contributed by atoms with van der Waals surface area (Å²) in [5.74, 6) is 0.433. The monoisotopic (exact) mass is 370 g/mol. The van der Waals surface area contributed by atoms with Gasteiger partial charge >= 0.3 is 5.97 Å². The number of methoxy groups -OCH3 is 1. The zero-order chi connectivity index (χ0) is 16.2. The molecule has 0 heterocycles. The molecule has 0 aliphatic carbocycles. The Labute approximate surface area is 142 Å². The summed E-state index contributed by atoms with van der Waals surface area (Å²) in [6.45, 7) is 2.24. The molecule has 1 rings (SSSR count). The fourth-order valence-electron chi connectivity index (χ4n) is 2.26. The van der Waals surface area contributed by atoms with E-state index >= 15 is 0 Å². The first-order valence-electron chi connectivity index (χ1n) is 8.16. The van der Waals surface area contributed by atoms with Crippen LogP contribution < -0.4 is 4.74 Å². The van der Waals surface area contributed by atoms with E-state index < -0.39 is 0 Å². The fraction of sp³-hybridized carbons (Fsp3) is 0.611. The lowest BCUT2D eigenvalue weighted by Crippen LogP contribution is -2.08. The summed E-state index contributed by atoms with van der Waals surface area (Å²) >= 11 is 3.56. The molecule has 0 saturated carbocycles. The summed E-state index contributed by atoms with van der Waals surface area (Å²) in [5.41, 5.74) is 0.535. The van der Waals surface area contributed by atoms with Gasteiger partial charge in [0.25, 0.3) is 0 Å². The maximum absolute atomic E-state index is 11.3. The van der Waals surface area contributed by atoms with Gasteiger partial charge in [0.2, 0.25) is 0 Å². The zero-order valence-corrected chi connectivity index (χ0v) is 15.2. The molecule has 0 N–H and O–H groups in total. The van der Waals surface area contributed by atoms with Crippen LogP contribution in [0.3, 0.4) is 0 Å². The van der Waals surface area contributed by atoms with Crippen molar-refractivity contribution in [3.63, 3.8) is 0 Å². The Morgan fingerprint density at radius 1 is 1.05 bits per heavy atom. The summed E-state index contributed by atoms with van der Waals surface area (Å²) in [6.07, 6.45) is 10.1. The van der Waals surface area contributed by atoms with E-state index in [1.807, 2.05) is 0 Å². The first kappa shape index (κ1) is 19.0. The van der Waals surface area contributed by atoms with Gasteiger partial charge in [-0.2, -0.15) is 0 Å². The van der Waals surface area contributed by atoms with Gasteiger partial charge < -0.3 is 9.47 Å². The molecule has 1 atom stereocenters. The van der Waals surface area contributed by atoms with Gasteiger partial charge in [0.05, 0.1) is 12.7 Å². The van der Waals surface area contributed by atoms with Crippen LogP contribution in [0.1, 0.15) is 68.6 Å². The van der Waals surface area contributed by atoms with Crippen molar-refractivity contribution in [2.45, 2.75) is 63.3 Å². The van der Waals surface area contributed by atoms with E-state index in [-0.39, 0.29) is 11.0 Å². The highest BCUT2D eigenvalue weighted by atomic mass is 79.9. The largest absolute Gasteiger partial charge is 0.479 e. The SMILES string of the molecule is CCCCCCCCCC(Br)Oc1ccc(C(=O)OC)cc1. The first-order valence-corrected chi connectivity index (χ1v) is 9.08. The van der Waals surface area contributed by atoms with Gasteiger partial charge in [-0.15, -0.1) is 0 Å². The molecule has 0 amide bonds. The number of rotatable bonds is 11. The van der Waals surface area contributed by atoms with Gasteiger partial charge in [0, 0.05) is 0 Å². The second-order valence-electron chi connectivity index (χ2n) is 5.45. The Morgan fingerprint density at radius 3 is 2.23 bits per heavy atom. The van der Waals surface area contributed by atoms with Crippen LogP contribution in [0, 0.1) is 0 Å². The number of hydrogen-bond donors (Lipinski definition) is 0. The lowest BCUT2D eigenvalue weighted by molar-refractivity contribution is 0.0600. The predicted molar refractivity (Wildman–Crippen MR) is 93.7 cm³/mol. The van der Waals surface area contributed by atoms with Gasteiger partial charge in [-0.1, -0.05) is 45.4 Å². The number of esters is 1. The van der Waals surface area contributed by atoms with Crippen LogP contribution in [0.15, 0.2) is 24.3 Å². The minimum Gasteiger partial charge on any atom is -0.479 e. The van der Waals surface area contributed by atoms with Crippen molar-refractivity contribution in [1.29, 1.82) is 0 Å². The van der Waals surface area contributed by atoms with Crippen LogP contribution in [0.5, 0.6) is 5.75 Å². The summed E-state index contributed by atoms with van der Waals surface area (Å²) in [6, 6.07) is 7.03. The van der Waals surface area contributed by atoms with E-state index in [9.17, 15) is 4.79 Å². The average molecular weight is 371 g/mol. The summed E-state index contributed by atoms with van der Waals surface area (Å²) < 4.78 is 10.5. The minimum absolute atomic E-state index is 0.0205. The number of carbonyl (C=O) groups is 1. The molecule has 0 bridgehead atoms. The van der Waals surface area contributed by atoms with Gasteiger partial charge in [0.1, 0.15) is 5.75 Å². The summed E-state index contributed by atoms with van der Waals surface area (Å²) in [7, 11) is 1.38. The highest BCUT2D eigenvalue weighted by Gasteiger charge is 2.08. The van der Waals surface area contributed by atoms with Crippen LogP contribution in [0.4, 0.5) is 0 Å². The van der Waals surface area contributed by atoms with E-state index in [2.05, 4.69) is 27.6 Å². The highest BCUT2D eigenvalue weighted by molar-refractivity contribution is 9.09. The third-order valence-corrected chi connectivity index (χ3v) is 4.22. The summed E-state index contributed by atoms with van der Waals surface area (Å²) in [5, 5.41) is 0.0205. The molecule has 0 fully saturated rings. The van der Waals surface area contributed by atoms with Crippen LogP contribution in [-0.2, 0) is 4.74 Å². The molecule has 1 unspecified atom stereocenters. The highest BCUT2D eigenvalue weighted by Crippen LogP contribution is 2.20. The normalized spacial score (nSPS) is 12.0. The molecule has 0 aromatic heterocycles. The van der Waals surface area contributed by atoms with Crippen LogP contribution in [0.2, 0.25) is 0 Å². The molecule has 0 radical (unpaired) electrons. The second-order valence-corrected chi connectivity index (χ2v) is 6.48. The maximum atomic E-state index is 11.3. The van der Waals surface area contributed by atoms with Gasteiger partial charge in [-0.25, -0.2) is 4.79 Å². The van der Waals surface area contributed by atoms with Crippen molar-refractivity contribution in [3.8, 4) is 5.75 Å². The maximum Gasteiger partial charge on any atom is 0.337 e. The number of halogens is 1.